The minimum absolute atomic E-state index is 0.0965. The van der Waals surface area contributed by atoms with Crippen LogP contribution in [-0.2, 0) is 4.79 Å². The third kappa shape index (κ3) is 1.88. The molecule has 5 nitrogen and oxygen atoms in total. The highest BCUT2D eigenvalue weighted by Gasteiger charge is 2.36. The summed E-state index contributed by atoms with van der Waals surface area (Å²) in [5.41, 5.74) is 1.60. The summed E-state index contributed by atoms with van der Waals surface area (Å²) in [6, 6.07) is 5.02. The van der Waals surface area contributed by atoms with E-state index in [9.17, 15) is 14.4 Å². The summed E-state index contributed by atoms with van der Waals surface area (Å²) in [6.07, 6.45) is 0. The third-order valence-electron chi connectivity index (χ3n) is 3.00. The van der Waals surface area contributed by atoms with Gasteiger partial charge in [-0.2, -0.15) is 0 Å². The van der Waals surface area contributed by atoms with E-state index in [0.29, 0.717) is 11.1 Å². The lowest BCUT2D eigenvalue weighted by atomic mass is 10.1. The molecular formula is C13H13NO4. The van der Waals surface area contributed by atoms with E-state index in [1.165, 1.54) is 6.92 Å². The Bertz CT molecular complexity index is 550. The van der Waals surface area contributed by atoms with Crippen LogP contribution < -0.4 is 0 Å². The van der Waals surface area contributed by atoms with Gasteiger partial charge in [-0.15, -0.1) is 0 Å². The van der Waals surface area contributed by atoms with Gasteiger partial charge in [-0.25, -0.2) is 0 Å². The molecule has 5 heteroatoms. The van der Waals surface area contributed by atoms with Gasteiger partial charge in [0.15, 0.2) is 0 Å². The van der Waals surface area contributed by atoms with Crippen molar-refractivity contribution in [2.24, 2.45) is 5.92 Å². The third-order valence-corrected chi connectivity index (χ3v) is 3.00. The molecule has 0 radical (unpaired) electrons. The lowest BCUT2D eigenvalue weighted by molar-refractivity contribution is -0.141. The van der Waals surface area contributed by atoms with E-state index in [2.05, 4.69) is 0 Å². The number of carboxylic acids is 1. The molecule has 1 N–H and O–H groups in total. The van der Waals surface area contributed by atoms with Crippen LogP contribution >= 0.6 is 0 Å². The number of aliphatic carboxylic acids is 1. The van der Waals surface area contributed by atoms with E-state index >= 15 is 0 Å². The van der Waals surface area contributed by atoms with Crippen LogP contribution in [0.4, 0.5) is 0 Å². The zero-order valence-corrected chi connectivity index (χ0v) is 10.1. The molecule has 1 heterocycles. The second-order valence-corrected chi connectivity index (χ2v) is 4.51. The molecular weight excluding hydrogens is 234 g/mol. The van der Waals surface area contributed by atoms with Gasteiger partial charge in [-0.05, 0) is 19.1 Å². The first-order chi connectivity index (χ1) is 8.41. The van der Waals surface area contributed by atoms with Crippen LogP contribution in [0.25, 0.3) is 0 Å². The molecule has 0 aliphatic carbocycles. The number of amides is 2. The molecule has 1 atom stereocenters. The molecule has 1 aromatic carbocycles. The molecule has 1 aromatic rings. The van der Waals surface area contributed by atoms with Crippen LogP contribution in [0.3, 0.4) is 0 Å². The average molecular weight is 247 g/mol. The molecule has 94 valence electrons. The smallest absolute Gasteiger partial charge is 0.308 e. The lowest BCUT2D eigenvalue weighted by Gasteiger charge is -2.16. The molecule has 0 saturated heterocycles. The van der Waals surface area contributed by atoms with Gasteiger partial charge < -0.3 is 5.11 Å². The van der Waals surface area contributed by atoms with E-state index in [-0.39, 0.29) is 6.54 Å². The molecule has 1 aliphatic heterocycles. The molecule has 18 heavy (non-hydrogen) atoms. The topological polar surface area (TPSA) is 74.7 Å². The first-order valence-electron chi connectivity index (χ1n) is 5.61. The number of nitrogens with zero attached hydrogens (tertiary/aromatic N) is 1. The summed E-state index contributed by atoms with van der Waals surface area (Å²) in [7, 11) is 0. The molecule has 2 rings (SSSR count). The van der Waals surface area contributed by atoms with Crippen LogP contribution in [0.1, 0.15) is 33.2 Å². The average Bonchev–Trinajstić information content (AvgIpc) is 2.54. The van der Waals surface area contributed by atoms with Gasteiger partial charge in [0.25, 0.3) is 11.8 Å². The monoisotopic (exact) mass is 247 g/mol. The zero-order chi connectivity index (χ0) is 13.4. The minimum Gasteiger partial charge on any atom is -0.481 e. The van der Waals surface area contributed by atoms with Crippen molar-refractivity contribution in [3.8, 4) is 0 Å². The van der Waals surface area contributed by atoms with Crippen molar-refractivity contribution >= 4 is 17.8 Å². The van der Waals surface area contributed by atoms with E-state index in [1.807, 2.05) is 6.92 Å². The SMILES string of the molecule is Cc1ccc2c(c1)C(=O)N(CC(C)C(=O)O)C2=O. The number of hydrogen-bond acceptors (Lipinski definition) is 3. The number of carbonyl (C=O) groups is 3. The Morgan fingerprint density at radius 2 is 1.89 bits per heavy atom. The Kier molecular flexibility index (Phi) is 2.90. The van der Waals surface area contributed by atoms with Gasteiger partial charge in [0, 0.05) is 6.54 Å². The number of imide groups is 1. The van der Waals surface area contributed by atoms with Gasteiger partial charge in [0.05, 0.1) is 17.0 Å². The Morgan fingerprint density at radius 3 is 2.50 bits per heavy atom. The van der Waals surface area contributed by atoms with Crippen LogP contribution in [0.2, 0.25) is 0 Å². The Balaban J connectivity index is 2.31. The van der Waals surface area contributed by atoms with E-state index in [0.717, 1.165) is 10.5 Å². The zero-order valence-electron chi connectivity index (χ0n) is 10.1. The van der Waals surface area contributed by atoms with Gasteiger partial charge in [0.1, 0.15) is 0 Å². The Labute approximate surface area is 104 Å². The van der Waals surface area contributed by atoms with Crippen molar-refractivity contribution in [2.75, 3.05) is 6.54 Å². The van der Waals surface area contributed by atoms with E-state index in [1.54, 1.807) is 18.2 Å². The predicted molar refractivity (Wildman–Crippen MR) is 63.3 cm³/mol. The quantitative estimate of drug-likeness (QED) is 0.817. The van der Waals surface area contributed by atoms with Crippen LogP contribution in [-0.4, -0.2) is 34.3 Å². The molecule has 2 amide bonds. The predicted octanol–water partition coefficient (Wildman–Crippen LogP) is 1.31. The maximum atomic E-state index is 12.0. The Morgan fingerprint density at radius 1 is 1.28 bits per heavy atom. The number of aryl methyl sites for hydroxylation is 1. The van der Waals surface area contributed by atoms with E-state index in [4.69, 9.17) is 5.11 Å². The first kappa shape index (κ1) is 12.3. The van der Waals surface area contributed by atoms with Gasteiger partial charge in [-0.3, -0.25) is 19.3 Å². The largest absolute Gasteiger partial charge is 0.481 e. The summed E-state index contributed by atoms with van der Waals surface area (Å²) >= 11 is 0. The maximum Gasteiger partial charge on any atom is 0.308 e. The van der Waals surface area contributed by atoms with Gasteiger partial charge >= 0.3 is 5.97 Å². The highest BCUT2D eigenvalue weighted by molar-refractivity contribution is 6.21. The van der Waals surface area contributed by atoms with Gasteiger partial charge in [-0.1, -0.05) is 18.6 Å². The summed E-state index contributed by atoms with van der Waals surface area (Å²) < 4.78 is 0. The van der Waals surface area contributed by atoms with Crippen molar-refractivity contribution in [3.05, 3.63) is 34.9 Å². The number of rotatable bonds is 3. The fraction of sp³-hybridized carbons (Fsp3) is 0.308. The highest BCUT2D eigenvalue weighted by Crippen LogP contribution is 2.24. The lowest BCUT2D eigenvalue weighted by Crippen LogP contribution is -2.36. The summed E-state index contributed by atoms with van der Waals surface area (Å²) in [5.74, 6) is -2.62. The molecule has 1 aliphatic rings. The van der Waals surface area contributed by atoms with Crippen LogP contribution in [0, 0.1) is 12.8 Å². The molecule has 0 saturated carbocycles. The molecule has 1 unspecified atom stereocenters. The summed E-state index contributed by atoms with van der Waals surface area (Å²) in [4.78, 5) is 35.8. The van der Waals surface area contributed by atoms with Crippen molar-refractivity contribution in [2.45, 2.75) is 13.8 Å². The van der Waals surface area contributed by atoms with Crippen molar-refractivity contribution in [3.63, 3.8) is 0 Å². The maximum absolute atomic E-state index is 12.0. The normalized spacial score (nSPS) is 15.8. The van der Waals surface area contributed by atoms with Crippen molar-refractivity contribution in [1.29, 1.82) is 0 Å². The molecule has 0 spiro atoms. The number of carboxylic acid groups (broad SMARTS) is 1. The Hall–Kier alpha value is -2.17. The van der Waals surface area contributed by atoms with Crippen LogP contribution in [0.15, 0.2) is 18.2 Å². The fourth-order valence-electron chi connectivity index (χ4n) is 1.92. The number of benzene rings is 1. The molecule has 0 bridgehead atoms. The highest BCUT2D eigenvalue weighted by atomic mass is 16.4. The molecule has 0 aromatic heterocycles. The summed E-state index contributed by atoms with van der Waals surface area (Å²) in [5, 5.41) is 8.83. The number of carbonyl (C=O) groups excluding carboxylic acids is 2. The first-order valence-corrected chi connectivity index (χ1v) is 5.61. The standard InChI is InChI=1S/C13H13NO4/c1-7-3-4-9-10(5-7)12(16)14(11(9)15)6-8(2)13(17)18/h3-5,8H,6H2,1-2H3,(H,17,18). The van der Waals surface area contributed by atoms with Crippen molar-refractivity contribution in [1.82, 2.24) is 4.90 Å². The van der Waals surface area contributed by atoms with Crippen molar-refractivity contribution < 1.29 is 19.5 Å². The number of fused-ring (bicyclic) bond motifs is 1. The number of hydrogen-bond donors (Lipinski definition) is 1. The second kappa shape index (κ2) is 4.25. The second-order valence-electron chi connectivity index (χ2n) is 4.51. The minimum atomic E-state index is -1.03. The van der Waals surface area contributed by atoms with Gasteiger partial charge in [0.2, 0.25) is 0 Å². The fourth-order valence-corrected chi connectivity index (χ4v) is 1.92. The van der Waals surface area contributed by atoms with E-state index < -0.39 is 23.7 Å². The van der Waals surface area contributed by atoms with Crippen LogP contribution in [0.5, 0.6) is 0 Å². The summed E-state index contributed by atoms with van der Waals surface area (Å²) in [6.45, 7) is 3.21. The molecule has 0 fully saturated rings.